The third kappa shape index (κ3) is 18.1. The second-order valence-corrected chi connectivity index (χ2v) is 18.8. The average molecular weight is 810 g/mol. The smallest absolute Gasteiger partial charge is 0.408 e. The van der Waals surface area contributed by atoms with Crippen LogP contribution in [-0.4, -0.2) is 103 Å². The van der Waals surface area contributed by atoms with E-state index in [-0.39, 0.29) is 50.0 Å². The van der Waals surface area contributed by atoms with Crippen LogP contribution in [0.4, 0.5) is 9.59 Å². The molecule has 1 aromatic rings. The number of carbonyl (C=O) groups is 5. The van der Waals surface area contributed by atoms with E-state index in [4.69, 9.17) is 18.5 Å². The van der Waals surface area contributed by atoms with Crippen molar-refractivity contribution in [2.45, 2.75) is 149 Å². The van der Waals surface area contributed by atoms with Gasteiger partial charge in [0.1, 0.15) is 29.3 Å². The highest BCUT2D eigenvalue weighted by Gasteiger charge is 2.40. The van der Waals surface area contributed by atoms with Gasteiger partial charge in [0.05, 0.1) is 18.9 Å². The second kappa shape index (κ2) is 22.9. The first kappa shape index (κ1) is 48.5. The Labute approximate surface area is 334 Å². The van der Waals surface area contributed by atoms with Crippen molar-refractivity contribution in [1.29, 1.82) is 0 Å². The maximum absolute atomic E-state index is 14.1. The number of alkyl carbamates (subject to hydrolysis) is 2. The Morgan fingerprint density at radius 3 is 1.84 bits per heavy atom. The van der Waals surface area contributed by atoms with Crippen LogP contribution in [0.5, 0.6) is 0 Å². The lowest BCUT2D eigenvalue weighted by Crippen LogP contribution is -2.58. The van der Waals surface area contributed by atoms with Crippen molar-refractivity contribution in [2.24, 2.45) is 5.92 Å². The van der Waals surface area contributed by atoms with Gasteiger partial charge in [0.2, 0.25) is 17.7 Å². The van der Waals surface area contributed by atoms with Gasteiger partial charge in [0.15, 0.2) is 0 Å². The molecule has 3 unspecified atom stereocenters. The van der Waals surface area contributed by atoms with Gasteiger partial charge in [0.25, 0.3) is 0 Å². The summed E-state index contributed by atoms with van der Waals surface area (Å²) in [4.78, 5) is 68.7. The molecule has 0 saturated carbocycles. The van der Waals surface area contributed by atoms with E-state index in [9.17, 15) is 28.5 Å². The van der Waals surface area contributed by atoms with E-state index in [0.29, 0.717) is 45.3 Å². The van der Waals surface area contributed by atoms with E-state index in [1.165, 1.54) is 0 Å². The first-order valence-electron chi connectivity index (χ1n) is 19.9. The molecule has 2 rings (SSSR count). The summed E-state index contributed by atoms with van der Waals surface area (Å²) in [7, 11) is -3.36. The number of amides is 5. The van der Waals surface area contributed by atoms with Crippen molar-refractivity contribution in [3.8, 4) is 0 Å². The molecular weight excluding hydrogens is 741 g/mol. The number of benzene rings is 1. The Balaban J connectivity index is 2.28. The van der Waals surface area contributed by atoms with Crippen molar-refractivity contribution in [1.82, 2.24) is 26.2 Å². The number of nitrogens with zero attached hydrogens (tertiary/aromatic N) is 1. The topological polar surface area (TPSA) is 191 Å². The number of ether oxygens (including phenoxy) is 2. The van der Waals surface area contributed by atoms with Gasteiger partial charge >= 0.3 is 19.8 Å². The van der Waals surface area contributed by atoms with E-state index >= 15 is 0 Å². The molecule has 1 aromatic carbocycles. The van der Waals surface area contributed by atoms with E-state index in [2.05, 4.69) is 21.3 Å². The van der Waals surface area contributed by atoms with Crippen molar-refractivity contribution < 1.29 is 47.1 Å². The standard InChI is InChI=1S/C40H68N5O10P/c1-11-52-56(51,53-12-2)30-21-24-45(25-22-30)36(48)31(20-16-17-23-41-37(49)54-39(5,6)7)42-34(46)32(26-28(3)4)43-35(47)33(27-29-18-14-13-15-19-29)44-38(50)55-40(8,9)10/h13-15,18-19,28,30-33H,11-12,16-17,20-27H2,1-10H3,(H,41,49)(H,42,46)(H,43,47)(H,44,50). The Morgan fingerprint density at radius 1 is 0.768 bits per heavy atom. The quantitative estimate of drug-likeness (QED) is 0.0886. The second-order valence-electron chi connectivity index (χ2n) is 16.5. The first-order chi connectivity index (χ1) is 26.2. The largest absolute Gasteiger partial charge is 0.444 e. The fourth-order valence-electron chi connectivity index (χ4n) is 6.22. The summed E-state index contributed by atoms with van der Waals surface area (Å²) in [6, 6.07) is 6.15. The molecule has 0 bridgehead atoms. The number of rotatable bonds is 20. The zero-order chi connectivity index (χ0) is 42.1. The molecule has 56 heavy (non-hydrogen) atoms. The predicted octanol–water partition coefficient (Wildman–Crippen LogP) is 6.09. The van der Waals surface area contributed by atoms with E-state index in [1.807, 2.05) is 44.2 Å². The highest BCUT2D eigenvalue weighted by atomic mass is 31.2. The van der Waals surface area contributed by atoms with Gasteiger partial charge in [-0.3, -0.25) is 18.9 Å². The average Bonchev–Trinajstić information content (AvgIpc) is 3.09. The third-order valence-electron chi connectivity index (χ3n) is 8.67. The van der Waals surface area contributed by atoms with Gasteiger partial charge in [-0.15, -0.1) is 0 Å². The van der Waals surface area contributed by atoms with Crippen molar-refractivity contribution in [2.75, 3.05) is 32.8 Å². The van der Waals surface area contributed by atoms with Gasteiger partial charge in [-0.05, 0) is 105 Å². The molecule has 16 heteroatoms. The van der Waals surface area contributed by atoms with Crippen molar-refractivity contribution in [3.63, 3.8) is 0 Å². The third-order valence-corrected chi connectivity index (χ3v) is 11.3. The minimum absolute atomic E-state index is 0.0177. The van der Waals surface area contributed by atoms with Crippen LogP contribution in [0.15, 0.2) is 30.3 Å². The molecule has 318 valence electrons. The van der Waals surface area contributed by atoms with Gasteiger partial charge in [-0.1, -0.05) is 44.2 Å². The summed E-state index contributed by atoms with van der Waals surface area (Å²) in [5.74, 6) is -1.44. The van der Waals surface area contributed by atoms with Gasteiger partial charge in [-0.25, -0.2) is 9.59 Å². The molecule has 1 fully saturated rings. The Kier molecular flexibility index (Phi) is 19.8. The molecule has 5 amide bonds. The molecule has 0 spiro atoms. The van der Waals surface area contributed by atoms with Crippen LogP contribution in [-0.2, 0) is 43.9 Å². The molecule has 4 N–H and O–H groups in total. The number of unbranched alkanes of at least 4 members (excludes halogenated alkanes) is 1. The lowest BCUT2D eigenvalue weighted by Gasteiger charge is -2.37. The monoisotopic (exact) mass is 809 g/mol. The van der Waals surface area contributed by atoms with Crippen LogP contribution < -0.4 is 21.3 Å². The van der Waals surface area contributed by atoms with E-state index in [1.54, 1.807) is 60.3 Å². The number of hydrogen-bond acceptors (Lipinski definition) is 10. The highest BCUT2D eigenvalue weighted by Crippen LogP contribution is 2.56. The Bertz CT molecular complexity index is 1450. The zero-order valence-electron chi connectivity index (χ0n) is 35.2. The lowest BCUT2D eigenvalue weighted by molar-refractivity contribution is -0.138. The lowest BCUT2D eigenvalue weighted by atomic mass is 10.00. The normalized spacial score (nSPS) is 15.7. The van der Waals surface area contributed by atoms with Gasteiger partial charge in [0, 0.05) is 26.1 Å². The SMILES string of the molecule is CCOP(=O)(OCC)C1CCN(C(=O)C(CCCCNC(=O)OC(C)(C)C)NC(=O)C(CC(C)C)NC(=O)C(Cc2ccccc2)NC(=O)OC(C)(C)C)CC1. The minimum atomic E-state index is -3.36. The summed E-state index contributed by atoms with van der Waals surface area (Å²) in [5.41, 5.74) is -1.01. The molecule has 0 radical (unpaired) electrons. The number of nitrogens with one attached hydrogen (secondary N) is 4. The summed E-state index contributed by atoms with van der Waals surface area (Å²) in [6.07, 6.45) is 1.16. The predicted molar refractivity (Wildman–Crippen MR) is 215 cm³/mol. The number of piperidine rings is 1. The molecule has 3 atom stereocenters. The van der Waals surface area contributed by atoms with Crippen LogP contribution in [0, 0.1) is 5.92 Å². The number of likely N-dealkylation sites (tertiary alicyclic amines) is 1. The zero-order valence-corrected chi connectivity index (χ0v) is 36.1. The Morgan fingerprint density at radius 2 is 1.30 bits per heavy atom. The minimum Gasteiger partial charge on any atom is -0.444 e. The van der Waals surface area contributed by atoms with Crippen LogP contribution in [0.2, 0.25) is 0 Å². The maximum Gasteiger partial charge on any atom is 0.408 e. The molecule has 15 nitrogen and oxygen atoms in total. The highest BCUT2D eigenvalue weighted by molar-refractivity contribution is 7.54. The molecular formula is C40H68N5O10P. The summed E-state index contributed by atoms with van der Waals surface area (Å²) < 4.78 is 35.4. The van der Waals surface area contributed by atoms with Crippen LogP contribution in [0.1, 0.15) is 113 Å². The maximum atomic E-state index is 14.1. The molecule has 0 aromatic heterocycles. The van der Waals surface area contributed by atoms with Crippen LogP contribution in [0.25, 0.3) is 0 Å². The van der Waals surface area contributed by atoms with E-state index in [0.717, 1.165) is 5.56 Å². The summed E-state index contributed by atoms with van der Waals surface area (Å²) >= 11 is 0. The van der Waals surface area contributed by atoms with Crippen molar-refractivity contribution >= 4 is 37.5 Å². The van der Waals surface area contributed by atoms with Gasteiger partial charge in [-0.2, -0.15) is 0 Å². The Hall–Kier alpha value is -3.68. The molecule has 1 heterocycles. The van der Waals surface area contributed by atoms with Crippen molar-refractivity contribution in [3.05, 3.63) is 35.9 Å². The molecule has 1 aliphatic heterocycles. The number of hydrogen-bond donors (Lipinski definition) is 4. The first-order valence-corrected chi connectivity index (χ1v) is 21.6. The number of carbonyl (C=O) groups excluding carboxylic acids is 5. The van der Waals surface area contributed by atoms with E-state index < -0.39 is 60.9 Å². The van der Waals surface area contributed by atoms with Crippen LogP contribution >= 0.6 is 7.60 Å². The summed E-state index contributed by atoms with van der Waals surface area (Å²) in [6.45, 7) is 19.2. The van der Waals surface area contributed by atoms with Gasteiger partial charge < -0.3 is 44.7 Å². The fraction of sp³-hybridized carbons (Fsp3) is 0.725. The molecule has 0 aliphatic carbocycles. The fourth-order valence-corrected chi connectivity index (χ4v) is 8.30. The van der Waals surface area contributed by atoms with Crippen LogP contribution in [0.3, 0.4) is 0 Å². The summed E-state index contributed by atoms with van der Waals surface area (Å²) in [5, 5.41) is 11.2. The molecule has 1 saturated heterocycles. The molecule has 1 aliphatic rings.